The average Bonchev–Trinajstić information content (AvgIpc) is 2.74. The van der Waals surface area contributed by atoms with Crippen LogP contribution in [0.5, 0.6) is 0 Å². The van der Waals surface area contributed by atoms with Gasteiger partial charge in [-0.25, -0.2) is 8.78 Å². The van der Waals surface area contributed by atoms with E-state index in [9.17, 15) is 13.6 Å². The van der Waals surface area contributed by atoms with Crippen LogP contribution in [-0.4, -0.2) is 73.5 Å². The number of morpholine rings is 1. The van der Waals surface area contributed by atoms with Crippen LogP contribution in [0, 0.1) is 11.6 Å². The predicted octanol–water partition coefficient (Wildman–Crippen LogP) is 1.55. The topological polar surface area (TPSA) is 61.8 Å². The van der Waals surface area contributed by atoms with Crippen LogP contribution in [0.4, 0.5) is 20.3 Å². The molecule has 4 rings (SSSR count). The Kier molecular flexibility index (Phi) is 5.34. The molecule has 1 aromatic carbocycles. The van der Waals surface area contributed by atoms with E-state index in [-0.39, 0.29) is 0 Å². The van der Waals surface area contributed by atoms with Gasteiger partial charge in [-0.1, -0.05) is 6.07 Å². The van der Waals surface area contributed by atoms with Gasteiger partial charge in [0.1, 0.15) is 17.2 Å². The van der Waals surface area contributed by atoms with E-state index in [2.05, 4.69) is 15.1 Å². The van der Waals surface area contributed by atoms with Crippen molar-refractivity contribution in [2.45, 2.75) is 0 Å². The van der Waals surface area contributed by atoms with Crippen molar-refractivity contribution in [3.63, 3.8) is 0 Å². The van der Waals surface area contributed by atoms with Crippen molar-refractivity contribution in [3.8, 4) is 0 Å². The number of rotatable bonds is 3. The zero-order chi connectivity index (χ0) is 19.5. The maximum absolute atomic E-state index is 13.9. The second-order valence-corrected chi connectivity index (χ2v) is 6.75. The quantitative estimate of drug-likeness (QED) is 0.794. The fourth-order valence-electron chi connectivity index (χ4n) is 3.49. The molecule has 2 aromatic rings. The smallest absolute Gasteiger partial charge is 0.259 e. The lowest BCUT2D eigenvalue weighted by molar-refractivity contribution is 0.0736. The molecule has 148 valence electrons. The van der Waals surface area contributed by atoms with Crippen LogP contribution in [0.15, 0.2) is 30.5 Å². The Morgan fingerprint density at radius 1 is 0.964 bits per heavy atom. The van der Waals surface area contributed by atoms with Gasteiger partial charge in [0.25, 0.3) is 5.91 Å². The summed E-state index contributed by atoms with van der Waals surface area (Å²) in [6.45, 7) is 4.73. The number of amides is 1. The third-order valence-corrected chi connectivity index (χ3v) is 5.07. The molecular formula is C19H21F2N5O2. The van der Waals surface area contributed by atoms with Crippen molar-refractivity contribution in [1.82, 2.24) is 15.1 Å². The van der Waals surface area contributed by atoms with E-state index in [4.69, 9.17) is 4.74 Å². The van der Waals surface area contributed by atoms with Crippen LogP contribution >= 0.6 is 0 Å². The minimum absolute atomic E-state index is 0.357. The molecule has 2 saturated heterocycles. The summed E-state index contributed by atoms with van der Waals surface area (Å²) in [5, 5.41) is 8.31. The first-order chi connectivity index (χ1) is 13.6. The van der Waals surface area contributed by atoms with Crippen molar-refractivity contribution >= 4 is 17.4 Å². The lowest BCUT2D eigenvalue weighted by Crippen LogP contribution is -2.49. The van der Waals surface area contributed by atoms with Gasteiger partial charge < -0.3 is 19.4 Å². The minimum Gasteiger partial charge on any atom is -0.378 e. The van der Waals surface area contributed by atoms with Crippen molar-refractivity contribution in [1.29, 1.82) is 0 Å². The molecule has 2 aliphatic rings. The lowest BCUT2D eigenvalue weighted by atomic mass is 10.1. The molecular weight excluding hydrogens is 368 g/mol. The number of ether oxygens (including phenoxy) is 1. The Bertz CT molecular complexity index is 832. The molecule has 2 aliphatic heterocycles. The summed E-state index contributed by atoms with van der Waals surface area (Å²) in [4.78, 5) is 18.2. The van der Waals surface area contributed by atoms with Crippen LogP contribution in [0.25, 0.3) is 0 Å². The van der Waals surface area contributed by atoms with Gasteiger partial charge in [0, 0.05) is 45.3 Å². The largest absolute Gasteiger partial charge is 0.378 e. The van der Waals surface area contributed by atoms with Gasteiger partial charge >= 0.3 is 0 Å². The highest BCUT2D eigenvalue weighted by molar-refractivity contribution is 5.95. The zero-order valence-electron chi connectivity index (χ0n) is 15.4. The first-order valence-corrected chi connectivity index (χ1v) is 9.27. The molecule has 1 amide bonds. The average molecular weight is 389 g/mol. The first-order valence-electron chi connectivity index (χ1n) is 9.27. The lowest BCUT2D eigenvalue weighted by Gasteiger charge is -2.36. The van der Waals surface area contributed by atoms with Crippen molar-refractivity contribution < 1.29 is 18.3 Å². The van der Waals surface area contributed by atoms with E-state index >= 15 is 0 Å². The Morgan fingerprint density at radius 3 is 2.32 bits per heavy atom. The van der Waals surface area contributed by atoms with Gasteiger partial charge in [0.15, 0.2) is 5.82 Å². The van der Waals surface area contributed by atoms with E-state index in [1.165, 1.54) is 11.0 Å². The normalized spacial score (nSPS) is 17.7. The Balaban J connectivity index is 1.42. The molecule has 1 aromatic heterocycles. The van der Waals surface area contributed by atoms with Crippen LogP contribution in [0.2, 0.25) is 0 Å². The summed E-state index contributed by atoms with van der Waals surface area (Å²) in [7, 11) is 0. The highest BCUT2D eigenvalue weighted by Gasteiger charge is 2.27. The van der Waals surface area contributed by atoms with Gasteiger partial charge in [-0.3, -0.25) is 4.79 Å². The number of halogens is 2. The molecule has 0 aliphatic carbocycles. The Labute approximate surface area is 161 Å². The van der Waals surface area contributed by atoms with Crippen LogP contribution in [0.1, 0.15) is 10.4 Å². The second-order valence-electron chi connectivity index (χ2n) is 6.75. The third-order valence-electron chi connectivity index (χ3n) is 5.07. The molecule has 3 heterocycles. The van der Waals surface area contributed by atoms with Crippen LogP contribution < -0.4 is 9.80 Å². The van der Waals surface area contributed by atoms with Gasteiger partial charge in [0.05, 0.1) is 25.1 Å². The SMILES string of the molecule is O=C(c1c(F)cccc1F)N1CCN(c2cc(N3CCOCC3)cnn2)CC1. The predicted molar refractivity (Wildman–Crippen MR) is 99.5 cm³/mol. The standard InChI is InChI=1S/C19H21F2N5O2/c20-15-2-1-3-16(21)18(15)19(27)26-6-4-25(5-7-26)17-12-14(13-22-23-17)24-8-10-28-11-9-24/h1-3,12-13H,4-11H2. The van der Waals surface area contributed by atoms with E-state index in [1.807, 2.05) is 11.0 Å². The van der Waals surface area contributed by atoms with Gasteiger partial charge in [-0.15, -0.1) is 5.10 Å². The number of anilines is 2. The molecule has 0 bridgehead atoms. The number of hydrogen-bond donors (Lipinski definition) is 0. The van der Waals surface area contributed by atoms with Crippen LogP contribution in [-0.2, 0) is 4.74 Å². The molecule has 28 heavy (non-hydrogen) atoms. The van der Waals surface area contributed by atoms with Crippen LogP contribution in [0.3, 0.4) is 0 Å². The monoisotopic (exact) mass is 389 g/mol. The Morgan fingerprint density at radius 2 is 1.64 bits per heavy atom. The fourth-order valence-corrected chi connectivity index (χ4v) is 3.49. The van der Waals surface area contributed by atoms with Crippen molar-refractivity contribution in [2.75, 3.05) is 62.3 Å². The minimum atomic E-state index is -0.837. The number of aromatic nitrogens is 2. The van der Waals surface area contributed by atoms with E-state index in [1.54, 1.807) is 6.20 Å². The number of benzene rings is 1. The summed E-state index contributed by atoms with van der Waals surface area (Å²) in [5.41, 5.74) is 0.491. The number of hydrogen-bond acceptors (Lipinski definition) is 6. The maximum Gasteiger partial charge on any atom is 0.259 e. The van der Waals surface area contributed by atoms with Gasteiger partial charge in [-0.05, 0) is 12.1 Å². The molecule has 0 saturated carbocycles. The van der Waals surface area contributed by atoms with Gasteiger partial charge in [-0.2, -0.15) is 5.10 Å². The summed E-state index contributed by atoms with van der Waals surface area (Å²) in [6, 6.07) is 5.42. The number of piperazine rings is 1. The van der Waals surface area contributed by atoms with E-state index in [0.29, 0.717) is 39.4 Å². The molecule has 9 heteroatoms. The molecule has 0 N–H and O–H groups in total. The highest BCUT2D eigenvalue weighted by Crippen LogP contribution is 2.22. The molecule has 7 nitrogen and oxygen atoms in total. The summed E-state index contributed by atoms with van der Waals surface area (Å²) >= 11 is 0. The number of nitrogens with zero attached hydrogens (tertiary/aromatic N) is 5. The summed E-state index contributed by atoms with van der Waals surface area (Å²) in [6.07, 6.45) is 1.73. The summed E-state index contributed by atoms with van der Waals surface area (Å²) < 4.78 is 33.2. The van der Waals surface area contributed by atoms with E-state index in [0.717, 1.165) is 36.7 Å². The second kappa shape index (κ2) is 8.05. The number of carbonyl (C=O) groups excluding carboxylic acids is 1. The highest BCUT2D eigenvalue weighted by atomic mass is 19.1. The molecule has 0 spiro atoms. The first kappa shape index (κ1) is 18.5. The van der Waals surface area contributed by atoms with Crippen molar-refractivity contribution in [2.24, 2.45) is 0 Å². The maximum atomic E-state index is 13.9. The number of carbonyl (C=O) groups is 1. The molecule has 2 fully saturated rings. The van der Waals surface area contributed by atoms with E-state index < -0.39 is 23.1 Å². The molecule has 0 radical (unpaired) electrons. The zero-order valence-corrected chi connectivity index (χ0v) is 15.4. The summed E-state index contributed by atoms with van der Waals surface area (Å²) in [5.74, 6) is -1.57. The Hall–Kier alpha value is -2.81. The third kappa shape index (κ3) is 3.75. The van der Waals surface area contributed by atoms with Gasteiger partial charge in [0.2, 0.25) is 0 Å². The van der Waals surface area contributed by atoms with Crippen molar-refractivity contribution in [3.05, 3.63) is 47.7 Å². The molecule has 0 unspecified atom stereocenters. The molecule has 0 atom stereocenters. The fraction of sp³-hybridized carbons (Fsp3) is 0.421.